The van der Waals surface area contributed by atoms with Gasteiger partial charge in [-0.25, -0.2) is 0 Å². The van der Waals surface area contributed by atoms with Crippen LogP contribution in [0.2, 0.25) is 5.02 Å². The fraction of sp³-hybridized carbons (Fsp3) is 0.467. The summed E-state index contributed by atoms with van der Waals surface area (Å²) in [5.41, 5.74) is 6.15. The van der Waals surface area contributed by atoms with Crippen molar-refractivity contribution in [1.29, 1.82) is 0 Å². The molecule has 1 aliphatic rings. The molecule has 1 aliphatic heterocycles. The van der Waals surface area contributed by atoms with Crippen LogP contribution in [0.4, 0.5) is 0 Å². The smallest absolute Gasteiger partial charge is 0.234 e. The second kappa shape index (κ2) is 6.91. The van der Waals surface area contributed by atoms with Gasteiger partial charge in [0.15, 0.2) is 0 Å². The lowest BCUT2D eigenvalue weighted by molar-refractivity contribution is -0.133. The monoisotopic (exact) mass is 309 g/mol. The van der Waals surface area contributed by atoms with E-state index < -0.39 is 0 Å². The quantitative estimate of drug-likeness (QED) is 0.898. The van der Waals surface area contributed by atoms with Crippen molar-refractivity contribution in [2.75, 3.05) is 26.2 Å². The van der Waals surface area contributed by atoms with Crippen LogP contribution in [0, 0.1) is 0 Å². The molecule has 0 spiro atoms. The normalized spacial score (nSPS) is 17.5. The van der Waals surface area contributed by atoms with Crippen LogP contribution in [0.1, 0.15) is 12.5 Å². The van der Waals surface area contributed by atoms with Gasteiger partial charge in [-0.15, -0.1) is 0 Å². The Morgan fingerprint density at radius 1 is 1.24 bits per heavy atom. The average Bonchev–Trinajstić information content (AvgIpc) is 2.49. The third kappa shape index (κ3) is 3.95. The molecule has 2 rings (SSSR count). The van der Waals surface area contributed by atoms with Gasteiger partial charge in [0.1, 0.15) is 0 Å². The minimum absolute atomic E-state index is 0.0643. The molecule has 114 valence electrons. The van der Waals surface area contributed by atoms with E-state index in [0.717, 1.165) is 5.56 Å². The number of halogens is 1. The van der Waals surface area contributed by atoms with Gasteiger partial charge in [-0.2, -0.15) is 0 Å². The molecule has 0 bridgehead atoms. The van der Waals surface area contributed by atoms with Crippen molar-refractivity contribution < 1.29 is 9.59 Å². The molecule has 1 aromatic rings. The van der Waals surface area contributed by atoms with Crippen LogP contribution < -0.4 is 5.73 Å². The number of amides is 2. The molecule has 1 aromatic carbocycles. The molecule has 0 aliphatic carbocycles. The van der Waals surface area contributed by atoms with Gasteiger partial charge in [-0.1, -0.05) is 29.8 Å². The number of benzene rings is 1. The van der Waals surface area contributed by atoms with E-state index in [1.165, 1.54) is 0 Å². The number of piperazine rings is 1. The second-order valence-corrected chi connectivity index (χ2v) is 5.67. The summed E-state index contributed by atoms with van der Waals surface area (Å²) in [4.78, 5) is 27.3. The van der Waals surface area contributed by atoms with Gasteiger partial charge in [0.2, 0.25) is 11.8 Å². The number of hydrogen-bond donors (Lipinski definition) is 1. The predicted octanol–water partition coefficient (Wildman–Crippen LogP) is 0.901. The van der Waals surface area contributed by atoms with Crippen molar-refractivity contribution >= 4 is 23.4 Å². The first kappa shape index (κ1) is 15.8. The summed E-state index contributed by atoms with van der Waals surface area (Å²) in [6.07, 6.45) is 0.311. The number of nitrogens with zero attached hydrogens (tertiary/aromatic N) is 2. The summed E-state index contributed by atoms with van der Waals surface area (Å²) in [6.45, 7) is 4.35. The molecule has 1 fully saturated rings. The minimum atomic E-state index is -0.328. The van der Waals surface area contributed by atoms with Gasteiger partial charge in [0.05, 0.1) is 12.5 Å². The molecule has 0 radical (unpaired) electrons. The van der Waals surface area contributed by atoms with Crippen LogP contribution in [-0.2, 0) is 16.0 Å². The highest BCUT2D eigenvalue weighted by Crippen LogP contribution is 2.17. The standard InChI is InChI=1S/C15H20ClN3O2/c1-11(15(17)21)18-6-8-19(9-7-18)14(20)10-12-4-2-3-5-13(12)16/h2-5,11H,6-10H2,1H3,(H2,17,21). The summed E-state index contributed by atoms with van der Waals surface area (Å²) >= 11 is 6.08. The molecule has 2 N–H and O–H groups in total. The predicted molar refractivity (Wildman–Crippen MR) is 82.0 cm³/mol. The molecule has 6 heteroatoms. The van der Waals surface area contributed by atoms with E-state index in [4.69, 9.17) is 17.3 Å². The lowest BCUT2D eigenvalue weighted by atomic mass is 10.1. The Labute approximate surface area is 129 Å². The van der Waals surface area contributed by atoms with Crippen molar-refractivity contribution in [2.45, 2.75) is 19.4 Å². The van der Waals surface area contributed by atoms with Gasteiger partial charge in [0, 0.05) is 31.2 Å². The SMILES string of the molecule is CC(C(N)=O)N1CCN(C(=O)Cc2ccccc2Cl)CC1. The fourth-order valence-electron chi connectivity index (χ4n) is 2.46. The molecule has 0 saturated carbocycles. The summed E-state index contributed by atoms with van der Waals surface area (Å²) in [5.74, 6) is -0.264. The lowest BCUT2D eigenvalue weighted by Crippen LogP contribution is -2.54. The maximum Gasteiger partial charge on any atom is 0.234 e. The average molecular weight is 310 g/mol. The Bertz CT molecular complexity index is 527. The number of primary amides is 1. The van der Waals surface area contributed by atoms with E-state index in [1.807, 2.05) is 28.0 Å². The Morgan fingerprint density at radius 2 is 1.86 bits per heavy atom. The third-order valence-electron chi connectivity index (χ3n) is 3.93. The van der Waals surface area contributed by atoms with Gasteiger partial charge in [-0.05, 0) is 18.6 Å². The highest BCUT2D eigenvalue weighted by atomic mass is 35.5. The fourth-order valence-corrected chi connectivity index (χ4v) is 2.66. The zero-order valence-corrected chi connectivity index (χ0v) is 12.8. The summed E-state index contributed by atoms with van der Waals surface area (Å²) in [7, 11) is 0. The number of hydrogen-bond acceptors (Lipinski definition) is 3. The molecule has 0 aromatic heterocycles. The highest BCUT2D eigenvalue weighted by molar-refractivity contribution is 6.31. The van der Waals surface area contributed by atoms with Gasteiger partial charge in [0.25, 0.3) is 0 Å². The highest BCUT2D eigenvalue weighted by Gasteiger charge is 2.26. The van der Waals surface area contributed by atoms with Crippen LogP contribution >= 0.6 is 11.6 Å². The molecule has 21 heavy (non-hydrogen) atoms. The van der Waals surface area contributed by atoms with Crippen LogP contribution in [0.15, 0.2) is 24.3 Å². The molecular weight excluding hydrogens is 290 g/mol. The van der Waals surface area contributed by atoms with Crippen LogP contribution in [0.5, 0.6) is 0 Å². The van der Waals surface area contributed by atoms with Crippen LogP contribution in [0.25, 0.3) is 0 Å². The largest absolute Gasteiger partial charge is 0.368 e. The second-order valence-electron chi connectivity index (χ2n) is 5.26. The van der Waals surface area contributed by atoms with Crippen LogP contribution in [-0.4, -0.2) is 53.8 Å². The van der Waals surface area contributed by atoms with Crippen molar-refractivity contribution in [2.24, 2.45) is 5.73 Å². The zero-order chi connectivity index (χ0) is 15.4. The van der Waals surface area contributed by atoms with E-state index in [-0.39, 0.29) is 17.9 Å². The van der Waals surface area contributed by atoms with E-state index >= 15 is 0 Å². The summed E-state index contributed by atoms with van der Waals surface area (Å²) in [5, 5.41) is 0.617. The van der Waals surface area contributed by atoms with E-state index in [1.54, 1.807) is 13.0 Å². The molecule has 1 atom stereocenters. The van der Waals surface area contributed by atoms with Gasteiger partial charge < -0.3 is 10.6 Å². The van der Waals surface area contributed by atoms with E-state index in [9.17, 15) is 9.59 Å². The number of nitrogens with two attached hydrogens (primary N) is 1. The minimum Gasteiger partial charge on any atom is -0.368 e. The van der Waals surface area contributed by atoms with Crippen molar-refractivity contribution in [1.82, 2.24) is 9.80 Å². The number of rotatable bonds is 4. The van der Waals surface area contributed by atoms with E-state index in [0.29, 0.717) is 37.6 Å². The molecule has 1 heterocycles. The molecule has 5 nitrogen and oxygen atoms in total. The zero-order valence-electron chi connectivity index (χ0n) is 12.1. The van der Waals surface area contributed by atoms with E-state index in [2.05, 4.69) is 0 Å². The Morgan fingerprint density at radius 3 is 2.43 bits per heavy atom. The van der Waals surface area contributed by atoms with Crippen molar-refractivity contribution in [3.05, 3.63) is 34.9 Å². The topological polar surface area (TPSA) is 66.6 Å². The Kier molecular flexibility index (Phi) is 5.20. The summed E-state index contributed by atoms with van der Waals surface area (Å²) in [6, 6.07) is 7.09. The van der Waals surface area contributed by atoms with Gasteiger partial charge in [-0.3, -0.25) is 14.5 Å². The van der Waals surface area contributed by atoms with Crippen LogP contribution in [0.3, 0.4) is 0 Å². The number of carbonyl (C=O) groups excluding carboxylic acids is 2. The molecule has 2 amide bonds. The van der Waals surface area contributed by atoms with Crippen molar-refractivity contribution in [3.8, 4) is 0 Å². The Hall–Kier alpha value is -1.59. The number of carbonyl (C=O) groups is 2. The maximum atomic E-state index is 12.3. The first-order valence-electron chi connectivity index (χ1n) is 7.03. The maximum absolute atomic E-state index is 12.3. The molecule has 1 unspecified atom stereocenters. The first-order chi connectivity index (χ1) is 9.99. The first-order valence-corrected chi connectivity index (χ1v) is 7.41. The van der Waals surface area contributed by atoms with Crippen molar-refractivity contribution in [3.63, 3.8) is 0 Å². The third-order valence-corrected chi connectivity index (χ3v) is 4.29. The molecule has 1 saturated heterocycles. The lowest BCUT2D eigenvalue weighted by Gasteiger charge is -2.37. The Balaban J connectivity index is 1.89. The molecular formula is C15H20ClN3O2. The van der Waals surface area contributed by atoms with Gasteiger partial charge >= 0.3 is 0 Å². The summed E-state index contributed by atoms with van der Waals surface area (Å²) < 4.78 is 0.